The van der Waals surface area contributed by atoms with Crippen LogP contribution in [0.1, 0.15) is 27.6 Å². The quantitative estimate of drug-likeness (QED) is 0.444. The van der Waals surface area contributed by atoms with Crippen molar-refractivity contribution in [2.75, 3.05) is 18.5 Å². The number of ether oxygens (including phenoxy) is 1. The van der Waals surface area contributed by atoms with Crippen LogP contribution >= 0.6 is 0 Å². The van der Waals surface area contributed by atoms with Crippen molar-refractivity contribution < 1.29 is 14.7 Å². The Balaban J connectivity index is 1.69. The van der Waals surface area contributed by atoms with Crippen molar-refractivity contribution in [3.63, 3.8) is 0 Å². The Labute approximate surface area is 138 Å². The lowest BCUT2D eigenvalue weighted by Crippen LogP contribution is -2.25. The lowest BCUT2D eigenvalue weighted by Gasteiger charge is -2.19. The molecule has 0 saturated carbocycles. The highest BCUT2D eigenvalue weighted by molar-refractivity contribution is 5.93. The highest BCUT2D eigenvalue weighted by atomic mass is 16.5. The predicted molar refractivity (Wildman–Crippen MR) is 87.7 cm³/mol. The van der Waals surface area contributed by atoms with Crippen molar-refractivity contribution in [2.45, 2.75) is 13.5 Å². The molecular formula is C16H17N5O3. The summed E-state index contributed by atoms with van der Waals surface area (Å²) in [5.41, 5.74) is 2.46. The van der Waals surface area contributed by atoms with E-state index in [9.17, 15) is 4.79 Å². The van der Waals surface area contributed by atoms with Gasteiger partial charge in [-0.25, -0.2) is 9.97 Å². The second-order valence-electron chi connectivity index (χ2n) is 5.26. The summed E-state index contributed by atoms with van der Waals surface area (Å²) in [5.74, 6) is 0.915. The largest absolute Gasteiger partial charge is 0.490 e. The summed E-state index contributed by atoms with van der Waals surface area (Å²) in [6.45, 7) is 3.44. The number of nitrogens with one attached hydrogen (secondary N) is 2. The lowest BCUT2D eigenvalue weighted by atomic mass is 10.1. The Bertz CT molecular complexity index is 791. The third kappa shape index (κ3) is 3.60. The van der Waals surface area contributed by atoms with Crippen LogP contribution in [0.3, 0.4) is 0 Å². The molecule has 0 unspecified atom stereocenters. The minimum absolute atomic E-state index is 0.219. The summed E-state index contributed by atoms with van der Waals surface area (Å²) in [7, 11) is 0. The normalized spacial score (nSPS) is 13.0. The molecule has 0 radical (unpaired) electrons. The van der Waals surface area contributed by atoms with Crippen LogP contribution in [-0.2, 0) is 6.54 Å². The van der Waals surface area contributed by atoms with Crippen molar-refractivity contribution in [3.05, 3.63) is 47.0 Å². The first kappa shape index (κ1) is 15.7. The summed E-state index contributed by atoms with van der Waals surface area (Å²) >= 11 is 0. The molecule has 24 heavy (non-hydrogen) atoms. The van der Waals surface area contributed by atoms with Crippen molar-refractivity contribution in [1.82, 2.24) is 15.3 Å². The third-order valence-electron chi connectivity index (χ3n) is 3.45. The van der Waals surface area contributed by atoms with E-state index in [0.29, 0.717) is 24.7 Å². The number of oxime groups is 1. The minimum atomic E-state index is -0.324. The van der Waals surface area contributed by atoms with Gasteiger partial charge in [0.1, 0.15) is 23.9 Å². The summed E-state index contributed by atoms with van der Waals surface area (Å²) in [4.78, 5) is 20.4. The van der Waals surface area contributed by atoms with Gasteiger partial charge >= 0.3 is 0 Å². The Kier molecular flexibility index (Phi) is 4.55. The van der Waals surface area contributed by atoms with E-state index in [1.807, 2.05) is 18.2 Å². The van der Waals surface area contributed by atoms with Crippen LogP contribution in [0.2, 0.25) is 0 Å². The molecule has 8 heteroatoms. The zero-order chi connectivity index (χ0) is 16.9. The number of hydrogen-bond donors (Lipinski definition) is 3. The van der Waals surface area contributed by atoms with Gasteiger partial charge in [0, 0.05) is 13.1 Å². The Hall–Kier alpha value is -3.16. The van der Waals surface area contributed by atoms with E-state index in [1.54, 1.807) is 6.92 Å². The maximum absolute atomic E-state index is 12.3. The fourth-order valence-corrected chi connectivity index (χ4v) is 2.40. The Morgan fingerprint density at radius 2 is 2.33 bits per heavy atom. The van der Waals surface area contributed by atoms with Gasteiger partial charge in [-0.3, -0.25) is 4.79 Å². The van der Waals surface area contributed by atoms with E-state index in [-0.39, 0.29) is 11.6 Å². The first-order valence-electron chi connectivity index (χ1n) is 7.46. The average Bonchev–Trinajstić information content (AvgIpc) is 2.59. The van der Waals surface area contributed by atoms with Crippen molar-refractivity contribution >= 4 is 17.8 Å². The molecule has 1 amide bonds. The number of benzene rings is 1. The summed E-state index contributed by atoms with van der Waals surface area (Å²) in [6, 6.07) is 7.20. The first-order valence-corrected chi connectivity index (χ1v) is 7.46. The molecule has 0 fully saturated rings. The SMILES string of the molecule is Cc1nc(/C=N\O)cc(C(=O)NCc2ccc3c(c2)NCCO3)n1. The number of amides is 1. The average molecular weight is 327 g/mol. The first-order chi connectivity index (χ1) is 11.7. The minimum Gasteiger partial charge on any atom is -0.490 e. The summed E-state index contributed by atoms with van der Waals surface area (Å²) in [6.07, 6.45) is 1.15. The van der Waals surface area contributed by atoms with Crippen molar-refractivity contribution in [1.29, 1.82) is 0 Å². The fraction of sp³-hybridized carbons (Fsp3) is 0.250. The molecule has 0 atom stereocenters. The van der Waals surface area contributed by atoms with E-state index >= 15 is 0 Å². The number of aromatic nitrogens is 2. The van der Waals surface area contributed by atoms with Crippen LogP contribution in [0.25, 0.3) is 0 Å². The van der Waals surface area contributed by atoms with Crippen LogP contribution in [0.4, 0.5) is 5.69 Å². The zero-order valence-corrected chi connectivity index (χ0v) is 13.1. The molecule has 1 aromatic carbocycles. The molecule has 0 bridgehead atoms. The molecule has 124 valence electrons. The number of fused-ring (bicyclic) bond motifs is 1. The Morgan fingerprint density at radius 1 is 1.46 bits per heavy atom. The zero-order valence-electron chi connectivity index (χ0n) is 13.1. The maximum atomic E-state index is 12.3. The molecule has 2 aromatic rings. The maximum Gasteiger partial charge on any atom is 0.270 e. The van der Waals surface area contributed by atoms with Gasteiger partial charge in [-0.2, -0.15) is 0 Å². The molecule has 2 heterocycles. The predicted octanol–water partition coefficient (Wildman–Crippen LogP) is 1.33. The summed E-state index contributed by atoms with van der Waals surface area (Å²) in [5, 5.41) is 17.6. The van der Waals surface area contributed by atoms with Gasteiger partial charge in [0.05, 0.1) is 17.6 Å². The molecule has 1 aromatic heterocycles. The second-order valence-corrected chi connectivity index (χ2v) is 5.26. The monoisotopic (exact) mass is 327 g/mol. The molecule has 8 nitrogen and oxygen atoms in total. The number of rotatable bonds is 4. The van der Waals surface area contributed by atoms with Crippen molar-refractivity contribution in [2.24, 2.45) is 5.16 Å². The molecule has 0 spiro atoms. The van der Waals surface area contributed by atoms with Crippen LogP contribution < -0.4 is 15.4 Å². The second kappa shape index (κ2) is 6.95. The highest BCUT2D eigenvalue weighted by Crippen LogP contribution is 2.27. The summed E-state index contributed by atoms with van der Waals surface area (Å²) < 4.78 is 5.52. The van der Waals surface area contributed by atoms with Crippen LogP contribution in [0.15, 0.2) is 29.4 Å². The highest BCUT2D eigenvalue weighted by Gasteiger charge is 2.12. The van der Waals surface area contributed by atoms with Gasteiger partial charge in [-0.05, 0) is 30.7 Å². The van der Waals surface area contributed by atoms with E-state index in [4.69, 9.17) is 9.94 Å². The lowest BCUT2D eigenvalue weighted by molar-refractivity contribution is 0.0945. The van der Waals surface area contributed by atoms with Crippen molar-refractivity contribution in [3.8, 4) is 5.75 Å². The molecule has 1 aliphatic heterocycles. The third-order valence-corrected chi connectivity index (χ3v) is 3.45. The number of aryl methyl sites for hydroxylation is 1. The molecule has 0 aliphatic carbocycles. The smallest absolute Gasteiger partial charge is 0.270 e. The van der Waals surface area contributed by atoms with Crippen LogP contribution in [-0.4, -0.2) is 40.4 Å². The van der Waals surface area contributed by atoms with E-state index in [2.05, 4.69) is 25.8 Å². The van der Waals surface area contributed by atoms with Gasteiger partial charge in [0.15, 0.2) is 0 Å². The standard InChI is InChI=1S/C16H17N5O3/c1-10-20-12(9-19-23)7-14(21-10)16(22)18-8-11-2-3-15-13(6-11)17-4-5-24-15/h2-3,6-7,9,17,23H,4-5,8H2,1H3,(H,18,22)/b19-9-. The Morgan fingerprint density at radius 3 is 3.17 bits per heavy atom. The van der Waals surface area contributed by atoms with Crippen LogP contribution in [0.5, 0.6) is 5.75 Å². The number of nitrogens with zero attached hydrogens (tertiary/aromatic N) is 3. The number of hydrogen-bond acceptors (Lipinski definition) is 7. The fourth-order valence-electron chi connectivity index (χ4n) is 2.40. The number of carbonyl (C=O) groups excluding carboxylic acids is 1. The van der Waals surface area contributed by atoms with Gasteiger partial charge in [-0.1, -0.05) is 11.2 Å². The number of carbonyl (C=O) groups is 1. The van der Waals surface area contributed by atoms with E-state index in [1.165, 1.54) is 6.07 Å². The van der Waals surface area contributed by atoms with E-state index in [0.717, 1.165) is 29.8 Å². The molecule has 1 aliphatic rings. The van der Waals surface area contributed by atoms with Gasteiger partial charge < -0.3 is 20.6 Å². The molecular weight excluding hydrogens is 310 g/mol. The molecule has 3 N–H and O–H groups in total. The van der Waals surface area contributed by atoms with E-state index < -0.39 is 0 Å². The molecule has 0 saturated heterocycles. The van der Waals surface area contributed by atoms with Gasteiger partial charge in [0.2, 0.25) is 0 Å². The topological polar surface area (TPSA) is 109 Å². The molecule has 3 rings (SSSR count). The van der Waals surface area contributed by atoms with Gasteiger partial charge in [0.25, 0.3) is 5.91 Å². The van der Waals surface area contributed by atoms with Crippen LogP contribution in [0, 0.1) is 6.92 Å². The number of anilines is 1. The van der Waals surface area contributed by atoms with Gasteiger partial charge in [-0.15, -0.1) is 0 Å².